The zero-order chi connectivity index (χ0) is 29.6. The summed E-state index contributed by atoms with van der Waals surface area (Å²) in [6, 6.07) is 26.0. The number of hydrogen-bond donors (Lipinski definition) is 1. The molecule has 1 saturated heterocycles. The standard InChI is InChI=1S/C32H24BrClN2O6/c1-40-28-17-22(16-27(34)29(28)42-19-20-5-3-2-4-6-20)15-26-30(37)35-32(39)36(31(26)38)24-11-13-25(14-12-24)41-18-21-7-9-23(33)10-8-21/h2-17H,18-19H2,1H3,(H,35,37,39)/b26-15+. The van der Waals surface area contributed by atoms with Crippen molar-refractivity contribution in [3.05, 3.63) is 123 Å². The van der Waals surface area contributed by atoms with E-state index in [-0.39, 0.29) is 22.9 Å². The van der Waals surface area contributed by atoms with Gasteiger partial charge in [0.1, 0.15) is 24.5 Å². The smallest absolute Gasteiger partial charge is 0.335 e. The number of carbonyl (C=O) groups is 3. The number of amides is 4. The second kappa shape index (κ2) is 12.9. The van der Waals surface area contributed by atoms with E-state index in [4.69, 9.17) is 25.8 Å². The van der Waals surface area contributed by atoms with Crippen LogP contribution in [0.5, 0.6) is 17.2 Å². The molecule has 1 aliphatic rings. The number of imide groups is 2. The van der Waals surface area contributed by atoms with Crippen molar-refractivity contribution >= 4 is 57.1 Å². The molecule has 0 unspecified atom stereocenters. The fourth-order valence-electron chi connectivity index (χ4n) is 4.19. The minimum absolute atomic E-state index is 0.229. The number of halogens is 2. The molecule has 8 nitrogen and oxygen atoms in total. The van der Waals surface area contributed by atoms with Crippen LogP contribution in [0.1, 0.15) is 16.7 Å². The number of rotatable bonds is 9. The zero-order valence-electron chi connectivity index (χ0n) is 22.3. The summed E-state index contributed by atoms with van der Waals surface area (Å²) in [4.78, 5) is 39.7. The van der Waals surface area contributed by atoms with Gasteiger partial charge in [0.25, 0.3) is 11.8 Å². The van der Waals surface area contributed by atoms with Gasteiger partial charge in [-0.2, -0.15) is 0 Å². The first kappa shape index (κ1) is 28.9. The maximum Gasteiger partial charge on any atom is 0.335 e. The Morgan fingerprint density at radius 2 is 1.52 bits per heavy atom. The Kier molecular flexibility index (Phi) is 8.90. The predicted molar refractivity (Wildman–Crippen MR) is 163 cm³/mol. The second-order valence-corrected chi connectivity index (χ2v) is 10.5. The molecule has 1 aliphatic heterocycles. The average Bonchev–Trinajstić information content (AvgIpc) is 2.99. The summed E-state index contributed by atoms with van der Waals surface area (Å²) in [6.07, 6.45) is 1.35. The second-order valence-electron chi connectivity index (χ2n) is 9.18. The van der Waals surface area contributed by atoms with Gasteiger partial charge in [-0.3, -0.25) is 14.9 Å². The molecule has 0 saturated carbocycles. The van der Waals surface area contributed by atoms with Gasteiger partial charge in [0.2, 0.25) is 0 Å². The highest BCUT2D eigenvalue weighted by atomic mass is 79.9. The molecule has 0 aliphatic carbocycles. The van der Waals surface area contributed by atoms with Gasteiger partial charge in [0.15, 0.2) is 11.5 Å². The van der Waals surface area contributed by atoms with Gasteiger partial charge in [-0.05, 0) is 71.3 Å². The van der Waals surface area contributed by atoms with Crippen molar-refractivity contribution in [2.24, 2.45) is 0 Å². The number of methoxy groups -OCH3 is 1. The molecule has 212 valence electrons. The lowest BCUT2D eigenvalue weighted by atomic mass is 10.1. The molecule has 1 fully saturated rings. The van der Waals surface area contributed by atoms with Crippen LogP contribution in [0.25, 0.3) is 6.08 Å². The lowest BCUT2D eigenvalue weighted by Gasteiger charge is -2.26. The lowest BCUT2D eigenvalue weighted by molar-refractivity contribution is -0.122. The van der Waals surface area contributed by atoms with Gasteiger partial charge < -0.3 is 14.2 Å². The molecule has 4 amide bonds. The Morgan fingerprint density at radius 1 is 0.857 bits per heavy atom. The van der Waals surface area contributed by atoms with E-state index in [1.54, 1.807) is 36.4 Å². The average molecular weight is 648 g/mol. The summed E-state index contributed by atoms with van der Waals surface area (Å²) in [6.45, 7) is 0.614. The van der Waals surface area contributed by atoms with E-state index in [1.165, 1.54) is 13.2 Å². The molecule has 10 heteroatoms. The Labute approximate surface area is 255 Å². The van der Waals surface area contributed by atoms with Crippen LogP contribution in [0.2, 0.25) is 5.02 Å². The summed E-state index contributed by atoms with van der Waals surface area (Å²) in [7, 11) is 1.46. The molecule has 5 rings (SSSR count). The molecule has 0 bridgehead atoms. The summed E-state index contributed by atoms with van der Waals surface area (Å²) in [5.41, 5.74) is 2.36. The number of anilines is 1. The summed E-state index contributed by atoms with van der Waals surface area (Å²) in [5, 5.41) is 2.45. The van der Waals surface area contributed by atoms with Crippen LogP contribution in [0.15, 0.2) is 101 Å². The molecule has 1 N–H and O–H groups in total. The third-order valence-corrected chi connectivity index (χ3v) is 7.11. The van der Waals surface area contributed by atoms with Crippen molar-refractivity contribution < 1.29 is 28.6 Å². The predicted octanol–water partition coefficient (Wildman–Crippen LogP) is 6.94. The Hall–Kier alpha value is -4.60. The molecular formula is C32H24BrClN2O6. The van der Waals surface area contributed by atoms with E-state index >= 15 is 0 Å². The van der Waals surface area contributed by atoms with E-state index in [9.17, 15) is 14.4 Å². The number of hydrogen-bond acceptors (Lipinski definition) is 6. The van der Waals surface area contributed by atoms with E-state index in [2.05, 4.69) is 21.2 Å². The van der Waals surface area contributed by atoms with Crippen molar-refractivity contribution in [1.82, 2.24) is 5.32 Å². The van der Waals surface area contributed by atoms with Crippen LogP contribution in [0.3, 0.4) is 0 Å². The molecular weight excluding hydrogens is 624 g/mol. The highest BCUT2D eigenvalue weighted by Crippen LogP contribution is 2.38. The van der Waals surface area contributed by atoms with Crippen LogP contribution in [-0.4, -0.2) is 25.0 Å². The van der Waals surface area contributed by atoms with Gasteiger partial charge >= 0.3 is 6.03 Å². The molecule has 0 aromatic heterocycles. The Bertz CT molecular complexity index is 1660. The number of nitrogens with zero attached hydrogens (tertiary/aromatic N) is 1. The van der Waals surface area contributed by atoms with Crippen LogP contribution < -0.4 is 24.4 Å². The van der Waals surface area contributed by atoms with Crippen molar-refractivity contribution in [1.29, 1.82) is 0 Å². The topological polar surface area (TPSA) is 94.2 Å². The number of carbonyl (C=O) groups excluding carboxylic acids is 3. The number of nitrogens with one attached hydrogen (secondary N) is 1. The highest BCUT2D eigenvalue weighted by molar-refractivity contribution is 9.10. The first-order chi connectivity index (χ1) is 20.3. The lowest BCUT2D eigenvalue weighted by Crippen LogP contribution is -2.54. The van der Waals surface area contributed by atoms with Gasteiger partial charge in [-0.25, -0.2) is 9.69 Å². The number of urea groups is 1. The van der Waals surface area contributed by atoms with Crippen molar-refractivity contribution in [3.63, 3.8) is 0 Å². The van der Waals surface area contributed by atoms with E-state index in [1.807, 2.05) is 54.6 Å². The first-order valence-electron chi connectivity index (χ1n) is 12.8. The third-order valence-electron chi connectivity index (χ3n) is 6.30. The van der Waals surface area contributed by atoms with Gasteiger partial charge in [-0.15, -0.1) is 0 Å². The first-order valence-corrected chi connectivity index (χ1v) is 13.9. The van der Waals surface area contributed by atoms with Crippen molar-refractivity contribution in [2.75, 3.05) is 12.0 Å². The number of benzene rings is 4. The molecule has 0 atom stereocenters. The molecule has 4 aromatic rings. The van der Waals surface area contributed by atoms with Crippen LogP contribution in [0.4, 0.5) is 10.5 Å². The summed E-state index contributed by atoms with van der Waals surface area (Å²) >= 11 is 9.91. The largest absolute Gasteiger partial charge is 0.493 e. The monoisotopic (exact) mass is 646 g/mol. The van der Waals surface area contributed by atoms with Gasteiger partial charge in [0.05, 0.1) is 17.8 Å². The van der Waals surface area contributed by atoms with Crippen molar-refractivity contribution in [2.45, 2.75) is 13.2 Å². The zero-order valence-corrected chi connectivity index (χ0v) is 24.6. The highest BCUT2D eigenvalue weighted by Gasteiger charge is 2.37. The minimum Gasteiger partial charge on any atom is -0.493 e. The third kappa shape index (κ3) is 6.64. The van der Waals surface area contributed by atoms with Crippen LogP contribution in [-0.2, 0) is 22.8 Å². The molecule has 4 aromatic carbocycles. The molecule has 0 radical (unpaired) electrons. The van der Waals surface area contributed by atoms with Crippen molar-refractivity contribution in [3.8, 4) is 17.2 Å². The maximum atomic E-state index is 13.4. The normalized spacial score (nSPS) is 14.1. The quantitative estimate of drug-likeness (QED) is 0.156. The Morgan fingerprint density at radius 3 is 2.21 bits per heavy atom. The number of barbiturate groups is 1. The minimum atomic E-state index is -0.856. The van der Waals surface area contributed by atoms with E-state index < -0.39 is 17.8 Å². The Balaban J connectivity index is 1.34. The maximum absolute atomic E-state index is 13.4. The molecule has 0 spiro atoms. The summed E-state index contributed by atoms with van der Waals surface area (Å²) < 4.78 is 18.1. The molecule has 42 heavy (non-hydrogen) atoms. The van der Waals surface area contributed by atoms with E-state index in [0.717, 1.165) is 20.5 Å². The van der Waals surface area contributed by atoms with E-state index in [0.29, 0.717) is 29.4 Å². The van der Waals surface area contributed by atoms with Crippen LogP contribution >= 0.6 is 27.5 Å². The van der Waals surface area contributed by atoms with Gasteiger partial charge in [0, 0.05) is 4.47 Å². The van der Waals surface area contributed by atoms with Gasteiger partial charge in [-0.1, -0.05) is 70.0 Å². The van der Waals surface area contributed by atoms with Crippen LogP contribution in [0, 0.1) is 0 Å². The SMILES string of the molecule is COc1cc(/C=C2\C(=O)NC(=O)N(c3ccc(OCc4ccc(Br)cc4)cc3)C2=O)cc(Cl)c1OCc1ccccc1. The fraction of sp³-hybridized carbons (Fsp3) is 0.0938. The molecule has 1 heterocycles. The summed E-state index contributed by atoms with van der Waals surface area (Å²) in [5.74, 6) is -0.416. The fourth-order valence-corrected chi connectivity index (χ4v) is 4.73. The number of ether oxygens (including phenoxy) is 3.